The fourth-order valence-corrected chi connectivity index (χ4v) is 4.12. The predicted molar refractivity (Wildman–Crippen MR) is 121 cm³/mol. The van der Waals surface area contributed by atoms with Gasteiger partial charge in [0.05, 0.1) is 29.0 Å². The van der Waals surface area contributed by atoms with Crippen molar-refractivity contribution in [2.45, 2.75) is 31.6 Å². The van der Waals surface area contributed by atoms with Gasteiger partial charge >= 0.3 is 0 Å². The molecular weight excluding hydrogens is 426 g/mol. The first kappa shape index (κ1) is 20.9. The van der Waals surface area contributed by atoms with Crippen LogP contribution in [0, 0.1) is 10.1 Å². The standard InChI is InChI=1S/C22H23N7O4/c1-33-19-11-17(27-8-2-3-9-27)18(29(31)32)10-16(19)24-22-23-7-6-20(25-22)28-12-15(13-30)21(26-28)14-4-5-14/h6-7,10-14H,2-5,8-9H2,1H3,(H,23,24,25). The Kier molecular flexibility index (Phi) is 5.37. The number of hydrogen-bond acceptors (Lipinski definition) is 9. The van der Waals surface area contributed by atoms with Crippen LogP contribution in [0.15, 0.2) is 30.6 Å². The Labute approximate surface area is 189 Å². The van der Waals surface area contributed by atoms with Gasteiger partial charge in [0.15, 0.2) is 12.1 Å². The van der Waals surface area contributed by atoms with Crippen LogP contribution in [0.4, 0.5) is 23.0 Å². The topological polar surface area (TPSA) is 128 Å². The number of aldehydes is 1. The monoisotopic (exact) mass is 449 g/mol. The lowest BCUT2D eigenvalue weighted by Gasteiger charge is -2.20. The van der Waals surface area contributed by atoms with Crippen molar-refractivity contribution in [3.63, 3.8) is 0 Å². The van der Waals surface area contributed by atoms with E-state index in [1.807, 2.05) is 4.90 Å². The highest BCUT2D eigenvalue weighted by molar-refractivity contribution is 5.78. The molecule has 0 amide bonds. The summed E-state index contributed by atoms with van der Waals surface area (Å²) in [6, 6.07) is 4.81. The van der Waals surface area contributed by atoms with E-state index in [0.717, 1.165) is 50.8 Å². The molecule has 33 heavy (non-hydrogen) atoms. The zero-order valence-corrected chi connectivity index (χ0v) is 18.1. The maximum atomic E-state index is 11.8. The SMILES string of the molecule is COc1cc(N2CCCC2)c([N+](=O)[O-])cc1Nc1nccc(-n2cc(C=O)c(C3CC3)n2)n1. The largest absolute Gasteiger partial charge is 0.494 e. The molecule has 3 heterocycles. The number of benzene rings is 1. The van der Waals surface area contributed by atoms with E-state index in [9.17, 15) is 14.9 Å². The van der Waals surface area contributed by atoms with E-state index >= 15 is 0 Å². The summed E-state index contributed by atoms with van der Waals surface area (Å²) < 4.78 is 7.07. The number of nitro groups is 1. The van der Waals surface area contributed by atoms with E-state index in [1.54, 1.807) is 29.2 Å². The quantitative estimate of drug-likeness (QED) is 0.311. The predicted octanol–water partition coefficient (Wildman–Crippen LogP) is 3.61. The van der Waals surface area contributed by atoms with E-state index in [2.05, 4.69) is 20.4 Å². The van der Waals surface area contributed by atoms with Gasteiger partial charge in [0.2, 0.25) is 5.95 Å². The second kappa shape index (κ2) is 8.49. The van der Waals surface area contributed by atoms with Crippen molar-refractivity contribution in [1.82, 2.24) is 19.7 Å². The number of nitrogens with zero attached hydrogens (tertiary/aromatic N) is 6. The first-order valence-corrected chi connectivity index (χ1v) is 10.8. The van der Waals surface area contributed by atoms with E-state index < -0.39 is 0 Å². The minimum Gasteiger partial charge on any atom is -0.494 e. The summed E-state index contributed by atoms with van der Waals surface area (Å²) in [7, 11) is 1.52. The molecule has 2 fully saturated rings. The van der Waals surface area contributed by atoms with Crippen LogP contribution in [-0.2, 0) is 0 Å². The molecule has 1 saturated heterocycles. The van der Waals surface area contributed by atoms with Crippen molar-refractivity contribution in [3.05, 3.63) is 52.0 Å². The molecular formula is C22H23N7O4. The molecule has 170 valence electrons. The van der Waals surface area contributed by atoms with E-state index in [0.29, 0.717) is 34.4 Å². The number of aromatic nitrogens is 4. The van der Waals surface area contributed by atoms with Gasteiger partial charge in [-0.15, -0.1) is 0 Å². The van der Waals surface area contributed by atoms with Crippen LogP contribution in [0.3, 0.4) is 0 Å². The van der Waals surface area contributed by atoms with Gasteiger partial charge in [-0.2, -0.15) is 10.1 Å². The molecule has 2 aromatic heterocycles. The van der Waals surface area contributed by atoms with Gasteiger partial charge in [0.25, 0.3) is 5.69 Å². The molecule has 3 aromatic rings. The molecule has 1 aromatic carbocycles. The zero-order chi connectivity index (χ0) is 22.9. The number of ether oxygens (including phenoxy) is 1. The highest BCUT2D eigenvalue weighted by Gasteiger charge is 2.29. The van der Waals surface area contributed by atoms with Crippen LogP contribution in [-0.4, -0.2) is 51.2 Å². The molecule has 11 heteroatoms. The van der Waals surface area contributed by atoms with Crippen LogP contribution in [0.5, 0.6) is 5.75 Å². The Hall–Kier alpha value is -4.02. The first-order valence-electron chi connectivity index (χ1n) is 10.8. The van der Waals surface area contributed by atoms with Crippen molar-refractivity contribution in [3.8, 4) is 11.6 Å². The van der Waals surface area contributed by atoms with Crippen LogP contribution >= 0.6 is 0 Å². The van der Waals surface area contributed by atoms with Crippen LogP contribution < -0.4 is 15.0 Å². The molecule has 11 nitrogen and oxygen atoms in total. The number of rotatable bonds is 8. The van der Waals surface area contributed by atoms with Crippen LogP contribution in [0.25, 0.3) is 5.82 Å². The first-order chi connectivity index (χ1) is 16.1. The molecule has 1 saturated carbocycles. The van der Waals surface area contributed by atoms with Crippen molar-refractivity contribution >= 4 is 29.3 Å². The maximum Gasteiger partial charge on any atom is 0.294 e. The van der Waals surface area contributed by atoms with Gasteiger partial charge in [-0.3, -0.25) is 14.9 Å². The molecule has 1 aliphatic carbocycles. The number of carbonyl (C=O) groups excluding carboxylic acids is 1. The molecule has 5 rings (SSSR count). The molecule has 0 radical (unpaired) electrons. The number of hydrogen-bond donors (Lipinski definition) is 1. The van der Waals surface area contributed by atoms with Crippen LogP contribution in [0.2, 0.25) is 0 Å². The smallest absolute Gasteiger partial charge is 0.294 e. The summed E-state index contributed by atoms with van der Waals surface area (Å²) in [5.74, 6) is 1.48. The highest BCUT2D eigenvalue weighted by atomic mass is 16.6. The van der Waals surface area contributed by atoms with Gasteiger partial charge in [0.1, 0.15) is 11.4 Å². The summed E-state index contributed by atoms with van der Waals surface area (Å²) in [5.41, 5.74) is 2.26. The summed E-state index contributed by atoms with van der Waals surface area (Å²) in [5, 5.41) is 19.4. The summed E-state index contributed by atoms with van der Waals surface area (Å²) in [6.07, 6.45) is 8.08. The minimum atomic E-state index is -0.389. The number of anilines is 3. The third-order valence-electron chi connectivity index (χ3n) is 5.93. The summed E-state index contributed by atoms with van der Waals surface area (Å²) in [6.45, 7) is 1.55. The number of nitro benzene ring substituents is 1. The van der Waals surface area contributed by atoms with Crippen molar-refractivity contribution in [2.75, 3.05) is 30.4 Å². The second-order valence-electron chi connectivity index (χ2n) is 8.16. The summed E-state index contributed by atoms with van der Waals surface area (Å²) >= 11 is 0. The third-order valence-corrected chi connectivity index (χ3v) is 5.93. The maximum absolute atomic E-state index is 11.8. The molecule has 0 spiro atoms. The number of carbonyl (C=O) groups is 1. The van der Waals surface area contributed by atoms with E-state index in [-0.39, 0.29) is 16.6 Å². The Morgan fingerprint density at radius 3 is 2.73 bits per heavy atom. The van der Waals surface area contributed by atoms with Gasteiger partial charge in [-0.1, -0.05) is 0 Å². The second-order valence-corrected chi connectivity index (χ2v) is 8.16. The summed E-state index contributed by atoms with van der Waals surface area (Å²) in [4.78, 5) is 33.5. The van der Waals surface area contributed by atoms with Crippen molar-refractivity contribution in [1.29, 1.82) is 0 Å². The normalized spacial score (nSPS) is 15.5. The Balaban J connectivity index is 1.47. The lowest BCUT2D eigenvalue weighted by molar-refractivity contribution is -0.384. The van der Waals surface area contributed by atoms with Gasteiger partial charge in [-0.05, 0) is 25.7 Å². The zero-order valence-electron chi connectivity index (χ0n) is 18.1. The Morgan fingerprint density at radius 2 is 2.06 bits per heavy atom. The van der Waals surface area contributed by atoms with E-state index in [1.165, 1.54) is 13.2 Å². The number of nitrogens with one attached hydrogen (secondary N) is 1. The van der Waals surface area contributed by atoms with Gasteiger partial charge in [0, 0.05) is 49.6 Å². The molecule has 0 atom stereocenters. The average Bonchev–Trinajstić information content (AvgIpc) is 3.34. The van der Waals surface area contributed by atoms with Gasteiger partial charge in [-0.25, -0.2) is 9.67 Å². The Bertz CT molecular complexity index is 1220. The highest BCUT2D eigenvalue weighted by Crippen LogP contribution is 2.41. The molecule has 2 aliphatic rings. The lowest BCUT2D eigenvalue weighted by atomic mass is 10.2. The molecule has 1 aliphatic heterocycles. The number of methoxy groups -OCH3 is 1. The van der Waals surface area contributed by atoms with Crippen molar-refractivity contribution < 1.29 is 14.5 Å². The lowest BCUT2D eigenvalue weighted by Crippen LogP contribution is -2.19. The fourth-order valence-electron chi connectivity index (χ4n) is 4.12. The fraction of sp³-hybridized carbons (Fsp3) is 0.364. The molecule has 0 unspecified atom stereocenters. The molecule has 0 bridgehead atoms. The van der Waals surface area contributed by atoms with E-state index in [4.69, 9.17) is 4.74 Å². The van der Waals surface area contributed by atoms with Crippen molar-refractivity contribution in [2.24, 2.45) is 0 Å². The van der Waals surface area contributed by atoms with Gasteiger partial charge < -0.3 is 15.0 Å². The third kappa shape index (κ3) is 4.09. The average molecular weight is 449 g/mol. The Morgan fingerprint density at radius 1 is 1.27 bits per heavy atom. The van der Waals surface area contributed by atoms with Crippen LogP contribution in [0.1, 0.15) is 47.7 Å². The molecule has 1 N–H and O–H groups in total. The minimum absolute atomic E-state index is 0.00636.